The van der Waals surface area contributed by atoms with E-state index in [1.807, 2.05) is 6.92 Å². The first-order valence-electron chi connectivity index (χ1n) is 10.3. The smallest absolute Gasteiger partial charge is 0.350 e. The van der Waals surface area contributed by atoms with Crippen molar-refractivity contribution in [1.82, 2.24) is 15.0 Å². The number of rotatable bonds is 7. The first-order chi connectivity index (χ1) is 16.4. The van der Waals surface area contributed by atoms with Gasteiger partial charge >= 0.3 is 6.18 Å². The van der Waals surface area contributed by atoms with E-state index in [4.69, 9.17) is 0 Å². The number of aryl methyl sites for hydroxylation is 1. The van der Waals surface area contributed by atoms with E-state index in [2.05, 4.69) is 25.6 Å². The Balaban J connectivity index is 1.52. The number of alkyl halides is 5. The van der Waals surface area contributed by atoms with Crippen LogP contribution < -0.4 is 15.5 Å². The highest BCUT2D eigenvalue weighted by Gasteiger charge is 2.39. The van der Waals surface area contributed by atoms with Gasteiger partial charge in [-0.1, -0.05) is 0 Å². The predicted molar refractivity (Wildman–Crippen MR) is 124 cm³/mol. The van der Waals surface area contributed by atoms with Crippen molar-refractivity contribution >= 4 is 51.5 Å². The van der Waals surface area contributed by atoms with Crippen LogP contribution in [0.1, 0.15) is 17.7 Å². The van der Waals surface area contributed by atoms with Crippen LogP contribution in [0.4, 0.5) is 44.4 Å². The summed E-state index contributed by atoms with van der Waals surface area (Å²) >= 11 is 2.55. The maximum atomic E-state index is 13.8. The third kappa shape index (κ3) is 7.24. The molecule has 1 amide bonds. The van der Waals surface area contributed by atoms with Gasteiger partial charge in [0.05, 0.1) is 6.54 Å². The Bertz CT molecular complexity index is 1200. The summed E-state index contributed by atoms with van der Waals surface area (Å²) in [6, 6.07) is 7.68. The lowest BCUT2D eigenvalue weighted by atomic mass is 10.3. The first kappa shape index (κ1) is 25.1. The van der Waals surface area contributed by atoms with Crippen LogP contribution in [0.25, 0.3) is 0 Å². The molecular weight excluding hydrogens is 511 g/mol. The van der Waals surface area contributed by atoms with Crippen LogP contribution in [0.2, 0.25) is 0 Å². The van der Waals surface area contributed by atoms with Gasteiger partial charge in [-0.15, -0.1) is 11.3 Å². The monoisotopic (exact) mass is 530 g/mol. The second kappa shape index (κ2) is 9.93. The number of carbonyl (C=O) groups is 1. The Morgan fingerprint density at radius 1 is 1.23 bits per heavy atom. The van der Waals surface area contributed by atoms with Gasteiger partial charge in [-0.05, 0) is 43.0 Å². The number of hydrogen-bond acceptors (Lipinski definition) is 8. The molecule has 3 aromatic rings. The van der Waals surface area contributed by atoms with Crippen LogP contribution in [-0.4, -0.2) is 46.0 Å². The maximum Gasteiger partial charge on any atom is 0.397 e. The van der Waals surface area contributed by atoms with Crippen molar-refractivity contribution in [1.29, 1.82) is 0 Å². The number of nitrogens with zero attached hydrogens (tertiary/aromatic N) is 4. The Kier molecular flexibility index (Phi) is 7.12. The molecule has 14 heteroatoms. The van der Waals surface area contributed by atoms with Crippen molar-refractivity contribution in [2.45, 2.75) is 41.9 Å². The average Bonchev–Trinajstić information content (AvgIpc) is 3.32. The SMILES string of the molecule is Cc1cnc(Nc2cc(N3CCC(F)(F)C3)nc(Sc3ccc(NC(=O)CC(F)(F)F)cc3)n2)s1. The summed E-state index contributed by atoms with van der Waals surface area (Å²) in [7, 11) is 0. The zero-order valence-electron chi connectivity index (χ0n) is 18.2. The molecule has 0 saturated carbocycles. The Hall–Kier alpha value is -3.00. The topological polar surface area (TPSA) is 83.0 Å². The lowest BCUT2D eigenvalue weighted by Crippen LogP contribution is -2.25. The molecule has 1 aliphatic heterocycles. The lowest BCUT2D eigenvalue weighted by molar-refractivity contribution is -0.150. The van der Waals surface area contributed by atoms with Gasteiger partial charge < -0.3 is 15.5 Å². The van der Waals surface area contributed by atoms with Crippen molar-refractivity contribution in [2.75, 3.05) is 28.6 Å². The summed E-state index contributed by atoms with van der Waals surface area (Å²) in [6.07, 6.45) is -4.74. The van der Waals surface area contributed by atoms with Gasteiger partial charge in [-0.25, -0.2) is 23.7 Å². The molecular formula is C21H19F5N6OS2. The standard InChI is InChI=1S/C21H19F5N6OS2/c1-12-10-27-18(34-12)29-15-8-16(32-7-6-20(22,23)11-32)31-19(30-15)35-14-4-2-13(3-5-14)28-17(33)9-21(24,25)26/h2-5,8,10H,6-7,9,11H2,1H3,(H,28,33)(H,27,29,30,31). The third-order valence-electron chi connectivity index (χ3n) is 4.75. The van der Waals surface area contributed by atoms with Crippen LogP contribution >= 0.6 is 23.1 Å². The molecule has 0 radical (unpaired) electrons. The maximum absolute atomic E-state index is 13.8. The molecule has 0 aliphatic carbocycles. The van der Waals surface area contributed by atoms with Gasteiger partial charge in [0.1, 0.15) is 18.1 Å². The van der Waals surface area contributed by atoms with Gasteiger partial charge in [-0.2, -0.15) is 13.2 Å². The summed E-state index contributed by atoms with van der Waals surface area (Å²) in [6.45, 7) is 1.60. The Labute approximate surface area is 205 Å². The van der Waals surface area contributed by atoms with E-state index in [1.54, 1.807) is 24.4 Å². The molecule has 35 heavy (non-hydrogen) atoms. The van der Waals surface area contributed by atoms with Gasteiger partial charge in [-0.3, -0.25) is 4.79 Å². The summed E-state index contributed by atoms with van der Waals surface area (Å²) in [5, 5.41) is 6.13. The largest absolute Gasteiger partial charge is 0.397 e. The van der Waals surface area contributed by atoms with E-state index >= 15 is 0 Å². The predicted octanol–water partition coefficient (Wildman–Crippen LogP) is 5.87. The number of thiazole rings is 1. The number of halogens is 5. The van der Waals surface area contributed by atoms with Crippen LogP contribution in [0.5, 0.6) is 0 Å². The normalized spacial score (nSPS) is 15.3. The molecule has 2 N–H and O–H groups in total. The van der Waals surface area contributed by atoms with Crippen molar-refractivity contribution < 1.29 is 26.7 Å². The van der Waals surface area contributed by atoms with E-state index in [1.165, 1.54) is 28.4 Å². The molecule has 0 atom stereocenters. The third-order valence-corrected chi connectivity index (χ3v) is 6.45. The van der Waals surface area contributed by atoms with Crippen LogP contribution in [-0.2, 0) is 4.79 Å². The number of nitrogens with one attached hydrogen (secondary N) is 2. The Morgan fingerprint density at radius 3 is 2.57 bits per heavy atom. The fourth-order valence-corrected chi connectivity index (χ4v) is 4.67. The molecule has 7 nitrogen and oxygen atoms in total. The van der Waals surface area contributed by atoms with Gasteiger partial charge in [0.15, 0.2) is 10.3 Å². The highest BCUT2D eigenvalue weighted by Crippen LogP contribution is 2.34. The van der Waals surface area contributed by atoms with E-state index in [0.717, 1.165) is 16.6 Å². The zero-order chi connectivity index (χ0) is 25.2. The number of aromatic nitrogens is 3. The van der Waals surface area contributed by atoms with Crippen molar-refractivity contribution in [3.63, 3.8) is 0 Å². The van der Waals surface area contributed by atoms with Crippen molar-refractivity contribution in [3.8, 4) is 0 Å². The van der Waals surface area contributed by atoms with Gasteiger partial charge in [0.2, 0.25) is 5.91 Å². The molecule has 186 valence electrons. The summed E-state index contributed by atoms with van der Waals surface area (Å²) < 4.78 is 64.6. The minimum absolute atomic E-state index is 0.149. The van der Waals surface area contributed by atoms with Gasteiger partial charge in [0, 0.05) is 40.7 Å². The lowest BCUT2D eigenvalue weighted by Gasteiger charge is -2.18. The molecule has 0 spiro atoms. The van der Waals surface area contributed by atoms with Crippen molar-refractivity contribution in [3.05, 3.63) is 41.4 Å². The summed E-state index contributed by atoms with van der Waals surface area (Å²) in [5.41, 5.74) is 0.207. The van der Waals surface area contributed by atoms with E-state index in [0.29, 0.717) is 21.7 Å². The minimum atomic E-state index is -4.59. The molecule has 1 aromatic carbocycles. The van der Waals surface area contributed by atoms with Crippen LogP contribution in [0, 0.1) is 6.92 Å². The number of benzene rings is 1. The molecule has 4 rings (SSSR count). The molecule has 1 aliphatic rings. The summed E-state index contributed by atoms with van der Waals surface area (Å²) in [5.74, 6) is -3.24. The summed E-state index contributed by atoms with van der Waals surface area (Å²) in [4.78, 5) is 27.7. The van der Waals surface area contributed by atoms with E-state index < -0.39 is 31.0 Å². The average molecular weight is 531 g/mol. The minimum Gasteiger partial charge on any atom is -0.350 e. The fourth-order valence-electron chi connectivity index (χ4n) is 3.24. The zero-order valence-corrected chi connectivity index (χ0v) is 19.8. The quantitative estimate of drug-likeness (QED) is 0.292. The molecule has 2 aromatic heterocycles. The number of amides is 1. The molecule has 1 fully saturated rings. The molecule has 3 heterocycles. The number of anilines is 4. The van der Waals surface area contributed by atoms with E-state index in [-0.39, 0.29) is 23.8 Å². The molecule has 1 saturated heterocycles. The highest BCUT2D eigenvalue weighted by molar-refractivity contribution is 7.99. The van der Waals surface area contributed by atoms with Crippen molar-refractivity contribution in [2.24, 2.45) is 0 Å². The van der Waals surface area contributed by atoms with Crippen LogP contribution in [0.3, 0.4) is 0 Å². The van der Waals surface area contributed by atoms with Gasteiger partial charge in [0.25, 0.3) is 5.92 Å². The Morgan fingerprint density at radius 2 is 1.97 bits per heavy atom. The first-order valence-corrected chi connectivity index (χ1v) is 11.9. The number of carbonyl (C=O) groups excluding carboxylic acids is 1. The van der Waals surface area contributed by atoms with E-state index in [9.17, 15) is 26.7 Å². The highest BCUT2D eigenvalue weighted by atomic mass is 32.2. The van der Waals surface area contributed by atoms with Crippen LogP contribution in [0.15, 0.2) is 46.6 Å². The second-order valence-corrected chi connectivity index (χ2v) is 10.1. The second-order valence-electron chi connectivity index (χ2n) is 7.79. The molecule has 0 bridgehead atoms. The molecule has 0 unspecified atom stereocenters. The fraction of sp³-hybridized carbons (Fsp3) is 0.333. The number of hydrogen-bond donors (Lipinski definition) is 2.